The summed E-state index contributed by atoms with van der Waals surface area (Å²) in [6.07, 6.45) is 0.707. The molecule has 0 atom stereocenters. The predicted molar refractivity (Wildman–Crippen MR) is 79.7 cm³/mol. The molecule has 0 amide bonds. The summed E-state index contributed by atoms with van der Waals surface area (Å²) in [4.78, 5) is 0. The standard InChI is InChI=1S/C16H17ClFNO/c1-11-9-14(18)6-5-13(11)10-20-16-12(7-8-19)3-2-4-15(16)17/h2-6,9H,7-8,10,19H2,1H3. The van der Waals surface area contributed by atoms with Crippen molar-refractivity contribution in [3.8, 4) is 5.75 Å². The van der Waals surface area contributed by atoms with Gasteiger partial charge in [0.15, 0.2) is 0 Å². The SMILES string of the molecule is Cc1cc(F)ccc1COc1c(Cl)cccc1CCN. The van der Waals surface area contributed by atoms with Crippen molar-refractivity contribution in [2.45, 2.75) is 20.0 Å². The van der Waals surface area contributed by atoms with Crippen molar-refractivity contribution in [1.82, 2.24) is 0 Å². The molecule has 0 saturated heterocycles. The van der Waals surface area contributed by atoms with E-state index in [1.807, 2.05) is 19.1 Å². The van der Waals surface area contributed by atoms with Crippen LogP contribution in [0.3, 0.4) is 0 Å². The summed E-state index contributed by atoms with van der Waals surface area (Å²) in [5.74, 6) is 0.413. The summed E-state index contributed by atoms with van der Waals surface area (Å²) >= 11 is 6.17. The van der Waals surface area contributed by atoms with Gasteiger partial charge in [0.2, 0.25) is 0 Å². The third-order valence-electron chi connectivity index (χ3n) is 3.14. The number of rotatable bonds is 5. The van der Waals surface area contributed by atoms with Crippen LogP contribution in [-0.2, 0) is 13.0 Å². The number of hydrogen-bond acceptors (Lipinski definition) is 2. The second-order valence-electron chi connectivity index (χ2n) is 4.63. The highest BCUT2D eigenvalue weighted by Crippen LogP contribution is 2.30. The maximum atomic E-state index is 13.1. The first-order chi connectivity index (χ1) is 9.61. The third-order valence-corrected chi connectivity index (χ3v) is 3.44. The monoisotopic (exact) mass is 293 g/mol. The van der Waals surface area contributed by atoms with Gasteiger partial charge in [-0.25, -0.2) is 4.39 Å². The van der Waals surface area contributed by atoms with Crippen LogP contribution in [0.25, 0.3) is 0 Å². The van der Waals surface area contributed by atoms with E-state index in [4.69, 9.17) is 22.1 Å². The van der Waals surface area contributed by atoms with Gasteiger partial charge in [0, 0.05) is 0 Å². The molecule has 0 heterocycles. The van der Waals surface area contributed by atoms with E-state index in [0.29, 0.717) is 30.3 Å². The van der Waals surface area contributed by atoms with Gasteiger partial charge in [-0.2, -0.15) is 0 Å². The van der Waals surface area contributed by atoms with Crippen LogP contribution < -0.4 is 10.5 Å². The van der Waals surface area contributed by atoms with Gasteiger partial charge in [-0.15, -0.1) is 0 Å². The topological polar surface area (TPSA) is 35.2 Å². The van der Waals surface area contributed by atoms with Gasteiger partial charge in [0.05, 0.1) is 5.02 Å². The largest absolute Gasteiger partial charge is 0.487 e. The van der Waals surface area contributed by atoms with Crippen LogP contribution in [0.1, 0.15) is 16.7 Å². The smallest absolute Gasteiger partial charge is 0.141 e. The average molecular weight is 294 g/mol. The van der Waals surface area contributed by atoms with E-state index in [1.165, 1.54) is 12.1 Å². The molecule has 0 aliphatic rings. The highest BCUT2D eigenvalue weighted by atomic mass is 35.5. The highest BCUT2D eigenvalue weighted by Gasteiger charge is 2.09. The number of halogens is 2. The second kappa shape index (κ2) is 6.73. The van der Waals surface area contributed by atoms with Crippen LogP contribution in [0.15, 0.2) is 36.4 Å². The predicted octanol–water partition coefficient (Wildman–Crippen LogP) is 3.87. The molecule has 0 saturated carbocycles. The molecule has 2 nitrogen and oxygen atoms in total. The van der Waals surface area contributed by atoms with E-state index >= 15 is 0 Å². The van der Waals surface area contributed by atoms with Crippen molar-refractivity contribution in [3.63, 3.8) is 0 Å². The van der Waals surface area contributed by atoms with E-state index in [0.717, 1.165) is 16.7 Å². The Balaban J connectivity index is 2.18. The summed E-state index contributed by atoms with van der Waals surface area (Å²) in [5.41, 5.74) is 8.37. The zero-order valence-electron chi connectivity index (χ0n) is 11.3. The van der Waals surface area contributed by atoms with Crippen molar-refractivity contribution in [2.75, 3.05) is 6.54 Å². The van der Waals surface area contributed by atoms with Gasteiger partial charge < -0.3 is 10.5 Å². The zero-order valence-corrected chi connectivity index (χ0v) is 12.1. The van der Waals surface area contributed by atoms with Crippen LogP contribution >= 0.6 is 11.6 Å². The molecule has 0 aliphatic carbocycles. The first-order valence-corrected chi connectivity index (χ1v) is 6.85. The Labute approximate surface area is 123 Å². The Morgan fingerprint density at radius 3 is 2.70 bits per heavy atom. The fraction of sp³-hybridized carbons (Fsp3) is 0.250. The van der Waals surface area contributed by atoms with Crippen molar-refractivity contribution in [2.24, 2.45) is 5.73 Å². The number of aryl methyl sites for hydroxylation is 1. The molecule has 2 N–H and O–H groups in total. The molecule has 20 heavy (non-hydrogen) atoms. The van der Waals surface area contributed by atoms with E-state index in [2.05, 4.69) is 0 Å². The van der Waals surface area contributed by atoms with Crippen LogP contribution in [0, 0.1) is 12.7 Å². The van der Waals surface area contributed by atoms with Crippen LogP contribution in [0.2, 0.25) is 5.02 Å². The van der Waals surface area contributed by atoms with Gasteiger partial charge in [-0.1, -0.05) is 29.8 Å². The lowest BCUT2D eigenvalue weighted by Crippen LogP contribution is -2.06. The van der Waals surface area contributed by atoms with Crippen LogP contribution in [-0.4, -0.2) is 6.54 Å². The average Bonchev–Trinajstić information content (AvgIpc) is 2.40. The second-order valence-corrected chi connectivity index (χ2v) is 5.03. The lowest BCUT2D eigenvalue weighted by molar-refractivity contribution is 0.302. The third kappa shape index (κ3) is 3.50. The normalized spacial score (nSPS) is 10.6. The molecular weight excluding hydrogens is 277 g/mol. The molecule has 4 heteroatoms. The van der Waals surface area contributed by atoms with Crippen LogP contribution in [0.4, 0.5) is 4.39 Å². The fourth-order valence-corrected chi connectivity index (χ4v) is 2.29. The van der Waals surface area contributed by atoms with Crippen molar-refractivity contribution in [3.05, 3.63) is 63.9 Å². The van der Waals surface area contributed by atoms with Crippen molar-refractivity contribution in [1.29, 1.82) is 0 Å². The molecule has 0 spiro atoms. The Hall–Kier alpha value is -1.58. The number of benzene rings is 2. The van der Waals surface area contributed by atoms with E-state index < -0.39 is 0 Å². The fourth-order valence-electron chi connectivity index (χ4n) is 2.04. The molecule has 0 radical (unpaired) electrons. The van der Waals surface area contributed by atoms with E-state index in [-0.39, 0.29) is 5.82 Å². The molecule has 2 aromatic rings. The lowest BCUT2D eigenvalue weighted by Gasteiger charge is -2.14. The van der Waals surface area contributed by atoms with Crippen LogP contribution in [0.5, 0.6) is 5.75 Å². The van der Waals surface area contributed by atoms with Gasteiger partial charge >= 0.3 is 0 Å². The first-order valence-electron chi connectivity index (χ1n) is 6.47. The molecule has 0 fully saturated rings. The van der Waals surface area contributed by atoms with Crippen molar-refractivity contribution >= 4 is 11.6 Å². The summed E-state index contributed by atoms with van der Waals surface area (Å²) in [5, 5.41) is 0.565. The number of nitrogens with two attached hydrogens (primary N) is 1. The summed E-state index contributed by atoms with van der Waals surface area (Å²) < 4.78 is 18.9. The molecule has 2 rings (SSSR count). The molecule has 0 unspecified atom stereocenters. The van der Waals surface area contributed by atoms with Gasteiger partial charge in [-0.05, 0) is 54.8 Å². The molecule has 0 bridgehead atoms. The lowest BCUT2D eigenvalue weighted by atomic mass is 10.1. The summed E-state index contributed by atoms with van der Waals surface area (Å²) in [7, 11) is 0. The Kier molecular flexibility index (Phi) is 4.99. The number of ether oxygens (including phenoxy) is 1. The van der Waals surface area contributed by atoms with Gasteiger partial charge in [0.25, 0.3) is 0 Å². The minimum Gasteiger partial charge on any atom is -0.487 e. The molecular formula is C16H17ClFNO. The first kappa shape index (κ1) is 14.8. The maximum Gasteiger partial charge on any atom is 0.141 e. The van der Waals surface area contributed by atoms with Gasteiger partial charge in [0.1, 0.15) is 18.2 Å². The summed E-state index contributed by atoms with van der Waals surface area (Å²) in [6.45, 7) is 2.74. The van der Waals surface area contributed by atoms with Crippen molar-refractivity contribution < 1.29 is 9.13 Å². The van der Waals surface area contributed by atoms with E-state index in [9.17, 15) is 4.39 Å². The van der Waals surface area contributed by atoms with E-state index in [1.54, 1.807) is 12.1 Å². The minimum atomic E-state index is -0.243. The molecule has 0 aliphatic heterocycles. The zero-order chi connectivity index (χ0) is 14.5. The number of hydrogen-bond donors (Lipinski definition) is 1. The Morgan fingerprint density at radius 1 is 1.20 bits per heavy atom. The minimum absolute atomic E-state index is 0.243. The molecule has 0 aromatic heterocycles. The maximum absolute atomic E-state index is 13.1. The summed E-state index contributed by atoms with van der Waals surface area (Å²) in [6, 6.07) is 10.3. The Bertz CT molecular complexity index is 601. The molecule has 106 valence electrons. The number of para-hydroxylation sites is 1. The quantitative estimate of drug-likeness (QED) is 0.908. The van der Waals surface area contributed by atoms with Gasteiger partial charge in [-0.3, -0.25) is 0 Å². The highest BCUT2D eigenvalue weighted by molar-refractivity contribution is 6.32. The molecule has 2 aromatic carbocycles. The Morgan fingerprint density at radius 2 is 2.00 bits per heavy atom.